The van der Waals surface area contributed by atoms with E-state index in [2.05, 4.69) is 23.2 Å². The first-order valence-corrected chi connectivity index (χ1v) is 10.5. The van der Waals surface area contributed by atoms with Gasteiger partial charge in [-0.25, -0.2) is 4.98 Å². The SMILES string of the molecule is Cc1cc(C2CC2)cnc1N1CCN(C(=O)c2ccc(N[C@H](C)CO)cc2)CC1. The third-order valence-electron chi connectivity index (χ3n) is 5.81. The van der Waals surface area contributed by atoms with Crippen LogP contribution in [0.2, 0.25) is 0 Å². The van der Waals surface area contributed by atoms with E-state index in [9.17, 15) is 4.79 Å². The Morgan fingerprint density at radius 1 is 1.21 bits per heavy atom. The average molecular weight is 395 g/mol. The summed E-state index contributed by atoms with van der Waals surface area (Å²) in [4.78, 5) is 21.8. The predicted molar refractivity (Wildman–Crippen MR) is 116 cm³/mol. The zero-order valence-corrected chi connectivity index (χ0v) is 17.3. The molecule has 1 saturated carbocycles. The number of aromatic nitrogens is 1. The highest BCUT2D eigenvalue weighted by Crippen LogP contribution is 2.40. The lowest BCUT2D eigenvalue weighted by Crippen LogP contribution is -2.49. The molecule has 0 spiro atoms. The van der Waals surface area contributed by atoms with E-state index < -0.39 is 0 Å². The monoisotopic (exact) mass is 394 g/mol. The topological polar surface area (TPSA) is 68.7 Å². The van der Waals surface area contributed by atoms with E-state index in [4.69, 9.17) is 10.1 Å². The summed E-state index contributed by atoms with van der Waals surface area (Å²) in [5, 5.41) is 12.3. The van der Waals surface area contributed by atoms with Crippen molar-refractivity contribution in [3.63, 3.8) is 0 Å². The zero-order valence-electron chi connectivity index (χ0n) is 17.3. The van der Waals surface area contributed by atoms with Gasteiger partial charge >= 0.3 is 0 Å². The van der Waals surface area contributed by atoms with Gasteiger partial charge in [-0.2, -0.15) is 0 Å². The van der Waals surface area contributed by atoms with E-state index in [1.807, 2.05) is 42.3 Å². The van der Waals surface area contributed by atoms with Crippen molar-refractivity contribution >= 4 is 17.4 Å². The van der Waals surface area contributed by atoms with E-state index in [-0.39, 0.29) is 18.6 Å². The van der Waals surface area contributed by atoms with Gasteiger partial charge in [-0.1, -0.05) is 6.07 Å². The number of carbonyl (C=O) groups is 1. The maximum atomic E-state index is 12.9. The number of anilines is 2. The molecule has 1 aromatic carbocycles. The molecule has 154 valence electrons. The Labute approximate surface area is 172 Å². The quantitative estimate of drug-likeness (QED) is 0.788. The standard InChI is InChI=1S/C23H30N4O2/c1-16-13-20(18-3-4-18)14-24-22(16)26-9-11-27(12-10-26)23(29)19-5-7-21(8-6-19)25-17(2)15-28/h5-8,13-14,17-18,25,28H,3-4,9-12,15H2,1-2H3/t17-/m1/s1. The average Bonchev–Trinajstić information content (AvgIpc) is 3.59. The lowest BCUT2D eigenvalue weighted by molar-refractivity contribution is 0.0746. The molecule has 2 N–H and O–H groups in total. The van der Waals surface area contributed by atoms with Crippen LogP contribution >= 0.6 is 0 Å². The maximum Gasteiger partial charge on any atom is 0.253 e. The molecule has 29 heavy (non-hydrogen) atoms. The summed E-state index contributed by atoms with van der Waals surface area (Å²) in [5.74, 6) is 1.84. The summed E-state index contributed by atoms with van der Waals surface area (Å²) < 4.78 is 0. The number of aliphatic hydroxyl groups excluding tert-OH is 1. The van der Waals surface area contributed by atoms with E-state index in [1.165, 1.54) is 24.0 Å². The van der Waals surface area contributed by atoms with Gasteiger partial charge in [0.15, 0.2) is 0 Å². The number of rotatable bonds is 6. The van der Waals surface area contributed by atoms with Crippen LogP contribution in [0.5, 0.6) is 0 Å². The van der Waals surface area contributed by atoms with E-state index in [0.717, 1.165) is 30.5 Å². The molecular formula is C23H30N4O2. The van der Waals surface area contributed by atoms with Gasteiger partial charge < -0.3 is 20.2 Å². The van der Waals surface area contributed by atoms with Gasteiger partial charge in [0, 0.05) is 49.7 Å². The van der Waals surface area contributed by atoms with Gasteiger partial charge in [0.05, 0.1) is 6.61 Å². The number of aryl methyl sites for hydroxylation is 1. The molecule has 2 aromatic rings. The number of pyridine rings is 1. The Hall–Kier alpha value is -2.60. The first-order chi connectivity index (χ1) is 14.0. The summed E-state index contributed by atoms with van der Waals surface area (Å²) >= 11 is 0. The Balaban J connectivity index is 1.35. The first kappa shape index (κ1) is 19.7. The minimum Gasteiger partial charge on any atom is -0.394 e. The minimum absolute atomic E-state index is 0.0139. The van der Waals surface area contributed by atoms with Crippen LogP contribution in [0.1, 0.15) is 47.2 Å². The van der Waals surface area contributed by atoms with Crippen LogP contribution in [0.3, 0.4) is 0 Å². The number of aliphatic hydroxyl groups is 1. The fraction of sp³-hybridized carbons (Fsp3) is 0.478. The molecule has 1 aliphatic heterocycles. The fourth-order valence-corrected chi connectivity index (χ4v) is 3.90. The second-order valence-electron chi connectivity index (χ2n) is 8.27. The van der Waals surface area contributed by atoms with Crippen molar-refractivity contribution in [1.82, 2.24) is 9.88 Å². The van der Waals surface area contributed by atoms with Crippen molar-refractivity contribution in [3.8, 4) is 0 Å². The van der Waals surface area contributed by atoms with Gasteiger partial charge in [0.2, 0.25) is 0 Å². The van der Waals surface area contributed by atoms with Crippen molar-refractivity contribution in [2.75, 3.05) is 43.0 Å². The fourth-order valence-electron chi connectivity index (χ4n) is 3.90. The van der Waals surface area contributed by atoms with Crippen LogP contribution in [-0.4, -0.2) is 59.7 Å². The number of hydrogen-bond donors (Lipinski definition) is 2. The molecular weight excluding hydrogens is 364 g/mol. The molecule has 0 radical (unpaired) electrons. The van der Waals surface area contributed by atoms with E-state index in [1.54, 1.807) is 0 Å². The summed E-state index contributed by atoms with van der Waals surface area (Å²) in [6.07, 6.45) is 4.61. The molecule has 2 fully saturated rings. The minimum atomic E-state index is -0.0139. The number of hydrogen-bond acceptors (Lipinski definition) is 5. The summed E-state index contributed by atoms with van der Waals surface area (Å²) in [7, 11) is 0. The lowest BCUT2D eigenvalue weighted by atomic mass is 10.1. The molecule has 0 bridgehead atoms. The number of benzene rings is 1. The Morgan fingerprint density at radius 3 is 2.48 bits per heavy atom. The number of amides is 1. The van der Waals surface area contributed by atoms with Crippen LogP contribution in [-0.2, 0) is 0 Å². The third kappa shape index (κ3) is 4.53. The van der Waals surface area contributed by atoms with Gasteiger partial charge in [0.25, 0.3) is 5.91 Å². The normalized spacial score (nSPS) is 17.9. The number of nitrogens with zero attached hydrogens (tertiary/aromatic N) is 3. The van der Waals surface area contributed by atoms with Crippen molar-refractivity contribution in [2.45, 2.75) is 38.6 Å². The van der Waals surface area contributed by atoms with Gasteiger partial charge in [0.1, 0.15) is 5.82 Å². The second-order valence-corrected chi connectivity index (χ2v) is 8.27. The highest BCUT2D eigenvalue weighted by molar-refractivity contribution is 5.94. The maximum absolute atomic E-state index is 12.9. The van der Waals surface area contributed by atoms with E-state index >= 15 is 0 Å². The predicted octanol–water partition coefficient (Wildman–Crippen LogP) is 3.02. The molecule has 2 aliphatic rings. The van der Waals surface area contributed by atoms with Crippen LogP contribution in [0.4, 0.5) is 11.5 Å². The van der Waals surface area contributed by atoms with Crippen LogP contribution < -0.4 is 10.2 Å². The highest BCUT2D eigenvalue weighted by atomic mass is 16.3. The van der Waals surface area contributed by atoms with Crippen LogP contribution in [0.25, 0.3) is 0 Å². The Morgan fingerprint density at radius 2 is 1.90 bits per heavy atom. The van der Waals surface area contributed by atoms with Crippen LogP contribution in [0, 0.1) is 6.92 Å². The molecule has 6 nitrogen and oxygen atoms in total. The summed E-state index contributed by atoms with van der Waals surface area (Å²) in [6.45, 7) is 7.12. The molecule has 1 aliphatic carbocycles. The molecule has 1 saturated heterocycles. The molecule has 6 heteroatoms. The molecule has 1 amide bonds. The summed E-state index contributed by atoms with van der Waals surface area (Å²) in [6, 6.07) is 9.76. The zero-order chi connectivity index (χ0) is 20.4. The largest absolute Gasteiger partial charge is 0.394 e. The highest BCUT2D eigenvalue weighted by Gasteiger charge is 2.26. The van der Waals surface area contributed by atoms with Crippen molar-refractivity contribution in [1.29, 1.82) is 0 Å². The summed E-state index contributed by atoms with van der Waals surface area (Å²) in [5.41, 5.74) is 4.20. The first-order valence-electron chi connectivity index (χ1n) is 10.5. The van der Waals surface area contributed by atoms with Gasteiger partial charge in [-0.15, -0.1) is 0 Å². The number of nitrogens with one attached hydrogen (secondary N) is 1. The number of piperazine rings is 1. The van der Waals surface area contributed by atoms with Gasteiger partial charge in [-0.05, 0) is 68.0 Å². The van der Waals surface area contributed by atoms with Crippen molar-refractivity contribution < 1.29 is 9.90 Å². The third-order valence-corrected chi connectivity index (χ3v) is 5.81. The van der Waals surface area contributed by atoms with Crippen molar-refractivity contribution in [2.24, 2.45) is 0 Å². The molecule has 1 aromatic heterocycles. The lowest BCUT2D eigenvalue weighted by Gasteiger charge is -2.36. The van der Waals surface area contributed by atoms with Gasteiger partial charge in [-0.3, -0.25) is 4.79 Å². The Bertz CT molecular complexity index is 856. The van der Waals surface area contributed by atoms with E-state index in [0.29, 0.717) is 18.7 Å². The number of carbonyl (C=O) groups excluding carboxylic acids is 1. The molecule has 1 atom stereocenters. The molecule has 2 heterocycles. The Kier molecular flexibility index (Phi) is 5.72. The second kappa shape index (κ2) is 8.41. The smallest absolute Gasteiger partial charge is 0.253 e. The molecule has 4 rings (SSSR count). The van der Waals surface area contributed by atoms with Crippen LogP contribution in [0.15, 0.2) is 36.5 Å². The van der Waals surface area contributed by atoms with Crippen molar-refractivity contribution in [3.05, 3.63) is 53.2 Å². The molecule has 0 unspecified atom stereocenters.